The smallest absolute Gasteiger partial charge is 0.408 e. The summed E-state index contributed by atoms with van der Waals surface area (Å²) in [5, 5.41) is 22.2. The van der Waals surface area contributed by atoms with E-state index in [9.17, 15) is 19.5 Å². The van der Waals surface area contributed by atoms with Gasteiger partial charge in [-0.2, -0.15) is 0 Å². The zero-order valence-corrected chi connectivity index (χ0v) is 21.4. The van der Waals surface area contributed by atoms with E-state index in [0.29, 0.717) is 19.4 Å². The number of carbonyl (C=O) groups excluding carboxylic acids is 1. The van der Waals surface area contributed by atoms with Crippen LogP contribution in [-0.2, 0) is 7.05 Å². The molecule has 0 spiro atoms. The zero-order chi connectivity index (χ0) is 27.1. The molecule has 1 amide bonds. The van der Waals surface area contributed by atoms with Gasteiger partial charge in [-0.3, -0.25) is 10.1 Å². The normalized spacial score (nSPS) is 12.7. The molecule has 1 aromatic carbocycles. The number of aromatic nitrogens is 1. The summed E-state index contributed by atoms with van der Waals surface area (Å²) >= 11 is 0. The van der Waals surface area contributed by atoms with Crippen LogP contribution in [0.5, 0.6) is 11.5 Å². The van der Waals surface area contributed by atoms with Crippen molar-refractivity contribution < 1.29 is 29.0 Å². The molecule has 3 N–H and O–H groups in total. The van der Waals surface area contributed by atoms with E-state index in [0.717, 1.165) is 28.8 Å². The van der Waals surface area contributed by atoms with Gasteiger partial charge in [-0.15, -0.1) is 0 Å². The lowest BCUT2D eigenvalue weighted by Gasteiger charge is -2.11. The first-order valence-electron chi connectivity index (χ1n) is 12.1. The van der Waals surface area contributed by atoms with Crippen LogP contribution in [0.25, 0.3) is 17.0 Å². The van der Waals surface area contributed by atoms with Crippen LogP contribution in [0.4, 0.5) is 4.79 Å². The number of aryl methyl sites for hydroxylation is 1. The molecule has 0 aliphatic rings. The molecule has 2 aromatic heterocycles. The Hall–Kier alpha value is -4.27. The van der Waals surface area contributed by atoms with Gasteiger partial charge < -0.3 is 23.9 Å². The minimum absolute atomic E-state index is 0.240. The number of allylic oxidation sites excluding steroid dienone is 2. The summed E-state index contributed by atoms with van der Waals surface area (Å²) in [6.07, 6.45) is 5.43. The summed E-state index contributed by atoms with van der Waals surface area (Å²) in [6, 6.07) is 9.02. The largest absolute Gasteiger partial charge is 0.507 e. The van der Waals surface area contributed by atoms with Crippen LogP contribution in [0.1, 0.15) is 67.8 Å². The average Bonchev–Trinajstić information content (AvgIpc) is 3.15. The van der Waals surface area contributed by atoms with E-state index in [1.165, 1.54) is 12.3 Å². The molecular formula is C28H32N2O7. The maximum Gasteiger partial charge on any atom is 0.408 e. The number of rotatable bonds is 11. The van der Waals surface area contributed by atoms with E-state index in [2.05, 4.69) is 5.32 Å². The van der Waals surface area contributed by atoms with Gasteiger partial charge in [-0.1, -0.05) is 19.9 Å². The molecule has 196 valence electrons. The second kappa shape index (κ2) is 12.1. The van der Waals surface area contributed by atoms with Gasteiger partial charge in [0.25, 0.3) is 0 Å². The predicted octanol–water partition coefficient (Wildman–Crippen LogP) is 5.58. The highest BCUT2D eigenvalue weighted by molar-refractivity contribution is 6.12. The number of carboxylic acid groups (broad SMARTS) is 1. The minimum Gasteiger partial charge on any atom is -0.507 e. The molecular weight excluding hydrogens is 476 g/mol. The van der Waals surface area contributed by atoms with Crippen molar-refractivity contribution >= 4 is 28.9 Å². The van der Waals surface area contributed by atoms with Gasteiger partial charge in [0, 0.05) is 41.8 Å². The van der Waals surface area contributed by atoms with Crippen LogP contribution in [-0.4, -0.2) is 33.3 Å². The van der Waals surface area contributed by atoms with Crippen LogP contribution in [0.3, 0.4) is 0 Å². The van der Waals surface area contributed by atoms with Gasteiger partial charge in [0.2, 0.25) is 0 Å². The second-order valence-corrected chi connectivity index (χ2v) is 8.88. The number of benzene rings is 1. The summed E-state index contributed by atoms with van der Waals surface area (Å²) in [6.45, 7) is 6.06. The number of hydrogen-bond acceptors (Lipinski definition) is 6. The van der Waals surface area contributed by atoms with E-state index in [-0.39, 0.29) is 17.3 Å². The average molecular weight is 509 g/mol. The van der Waals surface area contributed by atoms with Crippen molar-refractivity contribution in [3.05, 3.63) is 75.6 Å². The molecule has 9 heteroatoms. The molecule has 3 aromatic rings. The quantitative estimate of drug-likeness (QED) is 0.228. The van der Waals surface area contributed by atoms with Gasteiger partial charge >= 0.3 is 11.7 Å². The van der Waals surface area contributed by atoms with Crippen molar-refractivity contribution in [1.82, 2.24) is 9.88 Å². The topological polar surface area (TPSA) is 131 Å². The van der Waals surface area contributed by atoms with Crippen molar-refractivity contribution in [2.45, 2.75) is 46.0 Å². The first-order valence-corrected chi connectivity index (χ1v) is 12.1. The summed E-state index contributed by atoms with van der Waals surface area (Å²) in [4.78, 5) is 36.2. The van der Waals surface area contributed by atoms with Crippen LogP contribution < -0.4 is 15.7 Å². The van der Waals surface area contributed by atoms with Crippen LogP contribution >= 0.6 is 0 Å². The van der Waals surface area contributed by atoms with E-state index < -0.39 is 28.8 Å². The Kier molecular flexibility index (Phi) is 8.95. The van der Waals surface area contributed by atoms with Gasteiger partial charge in [-0.25, -0.2) is 9.59 Å². The Morgan fingerprint density at radius 1 is 1.24 bits per heavy atom. The van der Waals surface area contributed by atoms with E-state index in [4.69, 9.17) is 14.3 Å². The fourth-order valence-corrected chi connectivity index (χ4v) is 3.93. The van der Waals surface area contributed by atoms with E-state index in [1.54, 1.807) is 19.1 Å². The third-order valence-corrected chi connectivity index (χ3v) is 6.00. The Labute approximate surface area is 214 Å². The molecule has 2 heterocycles. The summed E-state index contributed by atoms with van der Waals surface area (Å²) in [7, 11) is 1.88. The lowest BCUT2D eigenvalue weighted by Crippen LogP contribution is -2.16. The van der Waals surface area contributed by atoms with Gasteiger partial charge in [-0.05, 0) is 62.1 Å². The lowest BCUT2D eigenvalue weighted by atomic mass is 9.99. The highest BCUT2D eigenvalue weighted by atomic mass is 16.5. The number of hydrogen-bond donors (Lipinski definition) is 3. The molecule has 1 atom stereocenters. The summed E-state index contributed by atoms with van der Waals surface area (Å²) < 4.78 is 13.0. The van der Waals surface area contributed by atoms with E-state index >= 15 is 0 Å². The van der Waals surface area contributed by atoms with Crippen LogP contribution in [0.15, 0.2) is 57.4 Å². The van der Waals surface area contributed by atoms with Crippen molar-refractivity contribution in [1.29, 1.82) is 0 Å². The van der Waals surface area contributed by atoms with Crippen molar-refractivity contribution in [3.63, 3.8) is 0 Å². The summed E-state index contributed by atoms with van der Waals surface area (Å²) in [5.74, 6) is -0.280. The van der Waals surface area contributed by atoms with Crippen LogP contribution in [0, 0.1) is 0 Å². The molecule has 0 saturated carbocycles. The number of nitrogens with one attached hydrogen (secondary N) is 1. The third kappa shape index (κ3) is 6.69. The predicted molar refractivity (Wildman–Crippen MR) is 141 cm³/mol. The number of aromatic hydroxyl groups is 1. The molecule has 0 aliphatic carbocycles. The van der Waals surface area contributed by atoms with Gasteiger partial charge in [0.1, 0.15) is 22.8 Å². The molecule has 0 bridgehead atoms. The number of ketones is 1. The maximum absolute atomic E-state index is 13.1. The minimum atomic E-state index is -1.16. The molecule has 0 saturated heterocycles. The zero-order valence-electron chi connectivity index (χ0n) is 21.4. The summed E-state index contributed by atoms with van der Waals surface area (Å²) in [5.41, 5.74) is 0.673. The lowest BCUT2D eigenvalue weighted by molar-refractivity contribution is 0.102. The van der Waals surface area contributed by atoms with E-state index in [1.807, 2.05) is 49.7 Å². The highest BCUT2D eigenvalue weighted by Gasteiger charge is 2.22. The van der Waals surface area contributed by atoms with Gasteiger partial charge in [0.05, 0.1) is 6.61 Å². The number of fused-ring (bicyclic) bond motifs is 1. The van der Waals surface area contributed by atoms with Crippen LogP contribution in [0.2, 0.25) is 0 Å². The highest BCUT2D eigenvalue weighted by Crippen LogP contribution is 2.28. The SMILES string of the molecule is CCCOc1ccc2c(c1)cc(C=C(C)C(=O)c1c(O)cc(C(C)CCC=CNC(=O)O)oc1=O)n2C. The molecule has 0 fully saturated rings. The molecule has 1 unspecified atom stereocenters. The number of amides is 1. The van der Waals surface area contributed by atoms with Gasteiger partial charge in [0.15, 0.2) is 5.78 Å². The first-order chi connectivity index (χ1) is 17.6. The molecule has 9 nitrogen and oxygen atoms in total. The Morgan fingerprint density at radius 2 is 2.00 bits per heavy atom. The molecule has 0 radical (unpaired) electrons. The second-order valence-electron chi connectivity index (χ2n) is 8.88. The Morgan fingerprint density at radius 3 is 2.68 bits per heavy atom. The van der Waals surface area contributed by atoms with Crippen molar-refractivity contribution in [3.8, 4) is 11.5 Å². The monoisotopic (exact) mass is 508 g/mol. The van der Waals surface area contributed by atoms with Crippen molar-refractivity contribution in [2.24, 2.45) is 7.05 Å². The standard InChI is InChI=1S/C28H32N2O7/c1-5-12-36-21-9-10-22-19(15-21)14-20(30(22)4)13-18(3)26(32)25-23(31)16-24(37-27(25)33)17(2)8-6-7-11-29-28(34)35/h7,9-11,13-17,29,31H,5-6,8,12H2,1-4H3,(H,34,35). The number of ether oxygens (including phenoxy) is 1. The number of Topliss-reactive ketones (excluding diaryl/α,β-unsaturated/α-hetero) is 1. The Bertz CT molecular complexity index is 1410. The number of nitrogens with zero attached hydrogens (tertiary/aromatic N) is 1. The fourth-order valence-electron chi connectivity index (χ4n) is 3.93. The fraction of sp³-hybridized carbons (Fsp3) is 0.321. The maximum atomic E-state index is 13.1. The van der Waals surface area contributed by atoms with Crippen molar-refractivity contribution in [2.75, 3.05) is 6.61 Å². The molecule has 37 heavy (non-hydrogen) atoms. The molecule has 3 rings (SSSR count). The third-order valence-electron chi connectivity index (χ3n) is 6.00. The Balaban J connectivity index is 1.80. The first kappa shape index (κ1) is 27.3. The number of carbonyl (C=O) groups is 2. The molecule has 0 aliphatic heterocycles.